The van der Waals surface area contributed by atoms with Crippen LogP contribution in [-0.4, -0.2) is 40.9 Å². The van der Waals surface area contributed by atoms with Crippen molar-refractivity contribution in [1.29, 1.82) is 0 Å². The molecule has 1 amide bonds. The molecule has 3 nitrogen and oxygen atoms in total. The molecule has 2 rings (SSSR count). The summed E-state index contributed by atoms with van der Waals surface area (Å²) in [5.74, 6) is -0.597. The Morgan fingerprint density at radius 3 is 2.90 bits per heavy atom. The van der Waals surface area contributed by atoms with Gasteiger partial charge in [-0.25, -0.2) is 4.39 Å². The van der Waals surface area contributed by atoms with E-state index in [9.17, 15) is 9.18 Å². The number of hydrogen-bond acceptors (Lipinski definition) is 2. The summed E-state index contributed by atoms with van der Waals surface area (Å²) in [6.45, 7) is 4.88. The zero-order valence-electron chi connectivity index (χ0n) is 11.3. The van der Waals surface area contributed by atoms with Gasteiger partial charge in [-0.05, 0) is 48.0 Å². The molecule has 1 fully saturated rings. The molecule has 1 atom stereocenters. The number of nitrogens with zero attached hydrogens (tertiary/aromatic N) is 1. The molecule has 1 saturated heterocycles. The summed E-state index contributed by atoms with van der Waals surface area (Å²) in [4.78, 5) is 14.3. The van der Waals surface area contributed by atoms with E-state index in [1.807, 2.05) is 13.8 Å². The third kappa shape index (κ3) is 3.59. The molecule has 0 aliphatic carbocycles. The number of amides is 1. The van der Waals surface area contributed by atoms with Crippen LogP contribution in [0.2, 0.25) is 0 Å². The number of alkyl halides is 1. The van der Waals surface area contributed by atoms with Gasteiger partial charge in [0.2, 0.25) is 0 Å². The zero-order chi connectivity index (χ0) is 14.9. The van der Waals surface area contributed by atoms with Crippen LogP contribution in [0.3, 0.4) is 0 Å². The van der Waals surface area contributed by atoms with Gasteiger partial charge in [0.15, 0.2) is 0 Å². The lowest BCUT2D eigenvalue weighted by atomic mass is 10.0. The second kappa shape index (κ2) is 6.12. The molecule has 0 aromatic heterocycles. The predicted molar refractivity (Wildman–Crippen MR) is 82.7 cm³/mol. The number of halogens is 3. The van der Waals surface area contributed by atoms with Gasteiger partial charge in [-0.15, -0.1) is 0 Å². The average molecular weight is 409 g/mol. The standard InChI is InChI=1S/C14H16Br2FNO2/c1-14(2)8-18(7-10(6-15)20-14)13(19)11-5-9(17)3-4-12(11)16/h3-5,10H,6-8H2,1-2H3. The van der Waals surface area contributed by atoms with Gasteiger partial charge in [0.05, 0.1) is 17.3 Å². The fourth-order valence-corrected chi connectivity index (χ4v) is 3.12. The Hall–Kier alpha value is -0.460. The minimum atomic E-state index is -0.416. The minimum Gasteiger partial charge on any atom is -0.368 e. The molecule has 1 aromatic carbocycles. The largest absolute Gasteiger partial charge is 0.368 e. The van der Waals surface area contributed by atoms with Crippen LogP contribution in [0.25, 0.3) is 0 Å². The van der Waals surface area contributed by atoms with Crippen molar-refractivity contribution < 1.29 is 13.9 Å². The molecule has 0 bridgehead atoms. The van der Waals surface area contributed by atoms with Crippen LogP contribution in [0.1, 0.15) is 24.2 Å². The molecule has 6 heteroatoms. The minimum absolute atomic E-state index is 0.0602. The Morgan fingerprint density at radius 1 is 1.55 bits per heavy atom. The van der Waals surface area contributed by atoms with E-state index in [2.05, 4.69) is 31.9 Å². The Morgan fingerprint density at radius 2 is 2.25 bits per heavy atom. The van der Waals surface area contributed by atoms with E-state index in [-0.39, 0.29) is 12.0 Å². The molecule has 0 radical (unpaired) electrons. The van der Waals surface area contributed by atoms with Gasteiger partial charge in [-0.1, -0.05) is 15.9 Å². The maximum Gasteiger partial charge on any atom is 0.255 e. The van der Waals surface area contributed by atoms with Crippen molar-refractivity contribution in [3.05, 3.63) is 34.1 Å². The van der Waals surface area contributed by atoms with E-state index in [1.54, 1.807) is 11.0 Å². The molecule has 1 aliphatic heterocycles. The number of ether oxygens (including phenoxy) is 1. The van der Waals surface area contributed by atoms with Crippen molar-refractivity contribution in [3.63, 3.8) is 0 Å². The van der Waals surface area contributed by atoms with Gasteiger partial charge >= 0.3 is 0 Å². The van der Waals surface area contributed by atoms with Crippen LogP contribution in [0, 0.1) is 5.82 Å². The fraction of sp³-hybridized carbons (Fsp3) is 0.500. The normalized spacial score (nSPS) is 21.9. The van der Waals surface area contributed by atoms with Crippen LogP contribution >= 0.6 is 31.9 Å². The molecule has 0 saturated carbocycles. The van der Waals surface area contributed by atoms with Crippen molar-refractivity contribution in [2.24, 2.45) is 0 Å². The molecule has 20 heavy (non-hydrogen) atoms. The predicted octanol–water partition coefficient (Wildman–Crippen LogP) is 3.60. The Balaban J connectivity index is 2.25. The highest BCUT2D eigenvalue weighted by Crippen LogP contribution is 2.26. The van der Waals surface area contributed by atoms with E-state index in [0.717, 1.165) is 0 Å². The number of carbonyl (C=O) groups excluding carboxylic acids is 1. The highest BCUT2D eigenvalue weighted by atomic mass is 79.9. The Labute approximate surface area is 134 Å². The average Bonchev–Trinajstić information content (AvgIpc) is 2.38. The third-order valence-corrected chi connectivity index (χ3v) is 4.51. The lowest BCUT2D eigenvalue weighted by Crippen LogP contribution is -2.55. The highest BCUT2D eigenvalue weighted by Gasteiger charge is 2.35. The number of hydrogen-bond donors (Lipinski definition) is 0. The quantitative estimate of drug-likeness (QED) is 0.699. The van der Waals surface area contributed by atoms with Crippen LogP contribution in [0.4, 0.5) is 4.39 Å². The van der Waals surface area contributed by atoms with Crippen molar-refractivity contribution >= 4 is 37.8 Å². The SMILES string of the molecule is CC1(C)CN(C(=O)c2cc(F)ccc2Br)CC(CBr)O1. The van der Waals surface area contributed by atoms with Gasteiger partial charge in [0.1, 0.15) is 5.82 Å². The van der Waals surface area contributed by atoms with Crippen LogP contribution in [0.5, 0.6) is 0 Å². The van der Waals surface area contributed by atoms with Crippen LogP contribution in [-0.2, 0) is 4.74 Å². The fourth-order valence-electron chi connectivity index (χ4n) is 2.36. The number of benzene rings is 1. The van der Waals surface area contributed by atoms with E-state index in [1.165, 1.54) is 12.1 Å². The van der Waals surface area contributed by atoms with E-state index >= 15 is 0 Å². The second-order valence-electron chi connectivity index (χ2n) is 5.46. The van der Waals surface area contributed by atoms with Gasteiger partial charge < -0.3 is 9.64 Å². The summed E-state index contributed by atoms with van der Waals surface area (Å²) >= 11 is 6.69. The van der Waals surface area contributed by atoms with E-state index in [4.69, 9.17) is 4.74 Å². The van der Waals surface area contributed by atoms with Crippen molar-refractivity contribution in [2.45, 2.75) is 25.6 Å². The molecule has 0 spiro atoms. The first-order valence-electron chi connectivity index (χ1n) is 6.30. The molecule has 1 heterocycles. The molecule has 1 aromatic rings. The molecule has 1 unspecified atom stereocenters. The monoisotopic (exact) mass is 407 g/mol. The summed E-state index contributed by atoms with van der Waals surface area (Å²) in [7, 11) is 0. The molecule has 1 aliphatic rings. The third-order valence-electron chi connectivity index (χ3n) is 3.10. The van der Waals surface area contributed by atoms with Crippen molar-refractivity contribution in [1.82, 2.24) is 4.90 Å². The van der Waals surface area contributed by atoms with E-state index in [0.29, 0.717) is 28.5 Å². The Kier molecular flexibility index (Phi) is 4.87. The van der Waals surface area contributed by atoms with Crippen LogP contribution < -0.4 is 0 Å². The van der Waals surface area contributed by atoms with Crippen molar-refractivity contribution in [3.8, 4) is 0 Å². The number of morpholine rings is 1. The van der Waals surface area contributed by atoms with E-state index < -0.39 is 11.4 Å². The van der Waals surface area contributed by atoms with Crippen LogP contribution in [0.15, 0.2) is 22.7 Å². The molecule has 0 N–H and O–H groups in total. The Bertz CT molecular complexity index is 522. The lowest BCUT2D eigenvalue weighted by molar-refractivity contribution is -0.116. The summed E-state index contributed by atoms with van der Waals surface area (Å²) in [6.07, 6.45) is -0.0602. The summed E-state index contributed by atoms with van der Waals surface area (Å²) in [5.41, 5.74) is -0.0670. The molecule has 110 valence electrons. The molecular weight excluding hydrogens is 393 g/mol. The summed E-state index contributed by atoms with van der Waals surface area (Å²) in [6, 6.07) is 4.14. The topological polar surface area (TPSA) is 29.5 Å². The van der Waals surface area contributed by atoms with Gasteiger partial charge in [-0.2, -0.15) is 0 Å². The second-order valence-corrected chi connectivity index (χ2v) is 6.97. The summed E-state index contributed by atoms with van der Waals surface area (Å²) < 4.78 is 19.8. The first kappa shape index (κ1) is 15.9. The highest BCUT2D eigenvalue weighted by molar-refractivity contribution is 9.10. The zero-order valence-corrected chi connectivity index (χ0v) is 14.5. The van der Waals surface area contributed by atoms with Gasteiger partial charge in [-0.3, -0.25) is 4.79 Å². The first-order chi connectivity index (χ1) is 9.32. The molecular formula is C14H16Br2FNO2. The lowest BCUT2D eigenvalue weighted by Gasteiger charge is -2.42. The summed E-state index contributed by atoms with van der Waals surface area (Å²) in [5, 5.41) is 0.657. The number of carbonyl (C=O) groups is 1. The number of rotatable bonds is 2. The maximum atomic E-state index is 13.3. The van der Waals surface area contributed by atoms with Crippen molar-refractivity contribution in [2.75, 3.05) is 18.4 Å². The van der Waals surface area contributed by atoms with Gasteiger partial charge in [0, 0.05) is 22.9 Å². The van der Waals surface area contributed by atoms with Gasteiger partial charge in [0.25, 0.3) is 5.91 Å². The maximum absolute atomic E-state index is 13.3. The smallest absolute Gasteiger partial charge is 0.255 e. The first-order valence-corrected chi connectivity index (χ1v) is 8.22.